The van der Waals surface area contributed by atoms with Crippen molar-refractivity contribution in [3.8, 4) is 5.75 Å². The zero-order valence-electron chi connectivity index (χ0n) is 16.7. The van der Waals surface area contributed by atoms with Crippen molar-refractivity contribution < 1.29 is 14.2 Å². The number of hydrogen-bond acceptors (Lipinski definition) is 7. The minimum atomic E-state index is -2.55. The number of nitrogens with zero attached hydrogens (tertiary/aromatic N) is 3. The van der Waals surface area contributed by atoms with Crippen molar-refractivity contribution in [1.29, 1.82) is 0 Å². The van der Waals surface area contributed by atoms with Crippen LogP contribution in [-0.4, -0.2) is 34.9 Å². The molecule has 0 aromatic heterocycles. The third-order valence-electron chi connectivity index (χ3n) is 3.65. The van der Waals surface area contributed by atoms with Crippen molar-refractivity contribution in [1.82, 2.24) is 4.31 Å². The van der Waals surface area contributed by atoms with E-state index in [9.17, 15) is 4.79 Å². The maximum atomic E-state index is 12.4. The van der Waals surface area contributed by atoms with E-state index in [1.807, 2.05) is 77.9 Å². The Morgan fingerprint density at radius 2 is 1.72 bits per heavy atom. The third-order valence-corrected chi connectivity index (χ3v) is 9.96. The highest BCUT2D eigenvalue weighted by Crippen LogP contribution is 2.56. The van der Waals surface area contributed by atoms with E-state index < -0.39 is 12.5 Å². The Balaban J connectivity index is 2.29. The monoisotopic (exact) mass is 469 g/mol. The summed E-state index contributed by atoms with van der Waals surface area (Å²) in [4.78, 5) is 17.4. The molecule has 0 spiro atoms. The van der Waals surface area contributed by atoms with E-state index in [1.165, 1.54) is 16.1 Å². The van der Waals surface area contributed by atoms with E-state index in [-0.39, 0.29) is 0 Å². The number of benzene rings is 2. The molecule has 0 radical (unpaired) electrons. The van der Waals surface area contributed by atoms with E-state index in [4.69, 9.17) is 21.2 Å². The summed E-state index contributed by atoms with van der Waals surface area (Å²) >= 11 is 8.56. The van der Waals surface area contributed by atoms with Crippen LogP contribution >= 0.6 is 30.3 Å². The van der Waals surface area contributed by atoms with Gasteiger partial charge in [-0.05, 0) is 49.3 Å². The quantitative estimate of drug-likeness (QED) is 0.113. The van der Waals surface area contributed by atoms with Crippen molar-refractivity contribution >= 4 is 58.9 Å². The molecule has 156 valence electrons. The lowest BCUT2D eigenvalue weighted by molar-refractivity contribution is 0.137. The van der Waals surface area contributed by atoms with Gasteiger partial charge in [0.2, 0.25) is 6.42 Å². The second kappa shape index (κ2) is 11.5. The van der Waals surface area contributed by atoms with Crippen LogP contribution in [0.15, 0.2) is 65.8 Å². The van der Waals surface area contributed by atoms with Gasteiger partial charge in [0.25, 0.3) is 0 Å². The maximum Gasteiger partial charge on any atom is 0.447 e. The third kappa shape index (κ3) is 6.96. The number of anilines is 1. The maximum absolute atomic E-state index is 12.4. The van der Waals surface area contributed by atoms with Crippen LogP contribution in [-0.2, 0) is 16.6 Å². The standard InChI is InChI=1S/C19H24N3O3PS3/c1-5-26(27,25-18-14-10-7-11-15-18)22(17-12-8-6-9-13-17)29-21(3)19(23)24-20-16(2)28-4/h6-15H,5H2,1-4H3. The fourth-order valence-electron chi connectivity index (χ4n) is 2.06. The average Bonchev–Trinajstić information content (AvgIpc) is 2.76. The highest BCUT2D eigenvalue weighted by atomic mass is 32.5. The summed E-state index contributed by atoms with van der Waals surface area (Å²) in [7, 11) is 1.62. The topological polar surface area (TPSA) is 54.4 Å². The number of rotatable bonds is 8. The largest absolute Gasteiger partial charge is 0.448 e. The molecule has 0 saturated heterocycles. The summed E-state index contributed by atoms with van der Waals surface area (Å²) in [6.07, 6.45) is -0.682. The molecule has 0 aliphatic rings. The Labute approximate surface area is 186 Å². The Morgan fingerprint density at radius 3 is 2.28 bits per heavy atom. The first kappa shape index (κ1) is 23.6. The van der Waals surface area contributed by atoms with Crippen molar-refractivity contribution in [3.05, 3.63) is 60.7 Å². The number of amides is 1. The normalized spacial score (nSPS) is 13.3. The van der Waals surface area contributed by atoms with Crippen LogP contribution in [0.2, 0.25) is 0 Å². The van der Waals surface area contributed by atoms with Crippen molar-refractivity contribution in [2.75, 3.05) is 23.5 Å². The number of thioether (sulfide) groups is 1. The van der Waals surface area contributed by atoms with Crippen LogP contribution in [0.3, 0.4) is 0 Å². The molecule has 0 heterocycles. The highest BCUT2D eigenvalue weighted by molar-refractivity contribution is 8.21. The number of oxime groups is 1. The fourth-order valence-corrected chi connectivity index (χ4v) is 6.14. The SMILES string of the molecule is CCP(=S)(Oc1ccccc1)N(SN(C)C(=O)ON=C(C)SC)c1ccccc1. The van der Waals surface area contributed by atoms with Gasteiger partial charge in [0, 0.05) is 13.2 Å². The molecule has 1 unspecified atom stereocenters. The molecule has 2 aromatic carbocycles. The second-order valence-electron chi connectivity index (χ2n) is 5.72. The zero-order valence-corrected chi connectivity index (χ0v) is 20.1. The summed E-state index contributed by atoms with van der Waals surface area (Å²) in [5.41, 5.74) is 0.849. The first-order valence-corrected chi connectivity index (χ1v) is 13.6. The van der Waals surface area contributed by atoms with Gasteiger partial charge in [0.05, 0.1) is 17.8 Å². The number of hydrogen-bond donors (Lipinski definition) is 0. The molecule has 1 amide bonds. The van der Waals surface area contributed by atoms with Crippen LogP contribution in [0, 0.1) is 0 Å². The van der Waals surface area contributed by atoms with Gasteiger partial charge in [0.15, 0.2) is 0 Å². The fraction of sp³-hybridized carbons (Fsp3) is 0.263. The van der Waals surface area contributed by atoms with Crippen molar-refractivity contribution in [2.45, 2.75) is 13.8 Å². The van der Waals surface area contributed by atoms with Gasteiger partial charge >= 0.3 is 6.09 Å². The molecule has 10 heteroatoms. The Morgan fingerprint density at radius 1 is 1.14 bits per heavy atom. The molecule has 0 aliphatic carbocycles. The molecule has 0 fully saturated rings. The van der Waals surface area contributed by atoms with Crippen LogP contribution in [0.25, 0.3) is 0 Å². The highest BCUT2D eigenvalue weighted by Gasteiger charge is 2.31. The molecule has 29 heavy (non-hydrogen) atoms. The van der Waals surface area contributed by atoms with Gasteiger partial charge in [-0.2, -0.15) is 0 Å². The van der Waals surface area contributed by atoms with Crippen LogP contribution in [0.1, 0.15) is 13.8 Å². The minimum absolute atomic E-state index is 0.596. The van der Waals surface area contributed by atoms with E-state index in [0.717, 1.165) is 17.8 Å². The summed E-state index contributed by atoms with van der Waals surface area (Å²) in [5, 5.41) is 4.46. The Bertz CT molecular complexity index is 869. The lowest BCUT2D eigenvalue weighted by atomic mass is 10.3. The molecule has 0 aliphatic heterocycles. The number of carbonyl (C=O) groups excluding carboxylic acids is 1. The summed E-state index contributed by atoms with van der Waals surface area (Å²) in [6, 6.07) is 19.1. The van der Waals surface area contributed by atoms with Crippen LogP contribution in [0.5, 0.6) is 5.75 Å². The first-order valence-electron chi connectivity index (χ1n) is 8.80. The summed E-state index contributed by atoms with van der Waals surface area (Å²) in [6.45, 7) is 3.76. The second-order valence-corrected chi connectivity index (χ2v) is 12.3. The lowest BCUT2D eigenvalue weighted by Gasteiger charge is -2.35. The van der Waals surface area contributed by atoms with Gasteiger partial charge in [-0.15, -0.1) is 11.8 Å². The van der Waals surface area contributed by atoms with E-state index in [1.54, 1.807) is 14.0 Å². The first-order chi connectivity index (χ1) is 13.9. The zero-order chi connectivity index (χ0) is 21.3. The average molecular weight is 470 g/mol. The Kier molecular flexibility index (Phi) is 9.36. The van der Waals surface area contributed by atoms with Gasteiger partial charge in [0.1, 0.15) is 10.8 Å². The summed E-state index contributed by atoms with van der Waals surface area (Å²) in [5.74, 6) is 0.699. The predicted octanol–water partition coefficient (Wildman–Crippen LogP) is 6.23. The molecule has 2 rings (SSSR count). The smallest absolute Gasteiger partial charge is 0.447 e. The lowest BCUT2D eigenvalue weighted by Crippen LogP contribution is -2.27. The molecule has 0 bridgehead atoms. The van der Waals surface area contributed by atoms with Gasteiger partial charge < -0.3 is 4.52 Å². The number of para-hydroxylation sites is 2. The molecule has 0 saturated carbocycles. The molecule has 0 N–H and O–H groups in total. The predicted molar refractivity (Wildman–Crippen MR) is 129 cm³/mol. The molecular formula is C19H24N3O3PS3. The van der Waals surface area contributed by atoms with Gasteiger partial charge in [-0.25, -0.2) is 13.2 Å². The molecular weight excluding hydrogens is 445 g/mol. The van der Waals surface area contributed by atoms with E-state index in [0.29, 0.717) is 17.0 Å². The summed E-state index contributed by atoms with van der Waals surface area (Å²) < 4.78 is 9.53. The van der Waals surface area contributed by atoms with Crippen molar-refractivity contribution in [3.63, 3.8) is 0 Å². The molecule has 6 nitrogen and oxygen atoms in total. The Hall–Kier alpha value is -1.67. The van der Waals surface area contributed by atoms with Crippen molar-refractivity contribution in [2.24, 2.45) is 5.16 Å². The van der Waals surface area contributed by atoms with E-state index in [2.05, 4.69) is 5.16 Å². The van der Waals surface area contributed by atoms with Crippen LogP contribution in [0.4, 0.5) is 10.5 Å². The van der Waals surface area contributed by atoms with E-state index >= 15 is 0 Å². The van der Waals surface area contributed by atoms with Crippen LogP contribution < -0.4 is 8.60 Å². The minimum Gasteiger partial charge on any atom is -0.448 e. The van der Waals surface area contributed by atoms with Gasteiger partial charge in [-0.3, -0.25) is 4.84 Å². The van der Waals surface area contributed by atoms with Gasteiger partial charge in [-0.1, -0.05) is 48.5 Å². The molecule has 1 atom stereocenters. The molecule has 2 aromatic rings. The number of carbonyl (C=O) groups is 1.